The van der Waals surface area contributed by atoms with Crippen molar-refractivity contribution < 1.29 is 22.7 Å². The predicted molar refractivity (Wildman–Crippen MR) is 131 cm³/mol. The molecule has 2 aromatic carbocycles. The lowest BCUT2D eigenvalue weighted by atomic mass is 10.1. The standard InChI is InChI=1S/C25H29N3O5S/c1-6-33-21-10-12-22(13-11-21)34(30,31)27-20-9-7-8-19(14-20)25(29)28(4)16-23-18(3)24(32-5)17(2)15-26-23/h7-15,27H,6,16H2,1-5H3. The monoisotopic (exact) mass is 483 g/mol. The Morgan fingerprint density at radius 1 is 1.12 bits per heavy atom. The smallest absolute Gasteiger partial charge is 0.261 e. The molecule has 0 unspecified atom stereocenters. The third-order valence-electron chi connectivity index (χ3n) is 5.29. The van der Waals surface area contributed by atoms with Crippen molar-refractivity contribution in [2.45, 2.75) is 32.2 Å². The van der Waals surface area contributed by atoms with Gasteiger partial charge in [0.15, 0.2) is 0 Å². The van der Waals surface area contributed by atoms with Crippen LogP contribution in [0.5, 0.6) is 11.5 Å². The molecule has 1 N–H and O–H groups in total. The van der Waals surface area contributed by atoms with Crippen LogP contribution in [0.2, 0.25) is 0 Å². The van der Waals surface area contributed by atoms with E-state index in [1.165, 1.54) is 23.1 Å². The molecule has 8 nitrogen and oxygen atoms in total. The van der Waals surface area contributed by atoms with E-state index in [1.54, 1.807) is 50.7 Å². The topological polar surface area (TPSA) is 97.8 Å². The van der Waals surface area contributed by atoms with Crippen molar-refractivity contribution in [3.05, 3.63) is 77.1 Å². The van der Waals surface area contributed by atoms with Gasteiger partial charge in [-0.15, -0.1) is 0 Å². The Bertz CT molecular complexity index is 1270. The van der Waals surface area contributed by atoms with Crippen LogP contribution in [0.4, 0.5) is 5.69 Å². The minimum atomic E-state index is -3.83. The van der Waals surface area contributed by atoms with Gasteiger partial charge in [0.05, 0.1) is 30.9 Å². The molecule has 0 fully saturated rings. The first kappa shape index (κ1) is 25.0. The van der Waals surface area contributed by atoms with Gasteiger partial charge in [0.25, 0.3) is 15.9 Å². The third-order valence-corrected chi connectivity index (χ3v) is 6.69. The Morgan fingerprint density at radius 3 is 2.47 bits per heavy atom. The summed E-state index contributed by atoms with van der Waals surface area (Å²) in [6.45, 7) is 6.45. The van der Waals surface area contributed by atoms with Crippen LogP contribution in [0, 0.1) is 13.8 Å². The fourth-order valence-electron chi connectivity index (χ4n) is 3.56. The quantitative estimate of drug-likeness (QED) is 0.490. The molecule has 0 radical (unpaired) electrons. The summed E-state index contributed by atoms with van der Waals surface area (Å²) in [4.78, 5) is 19.1. The zero-order chi connectivity index (χ0) is 24.9. The molecular weight excluding hydrogens is 454 g/mol. The van der Waals surface area contributed by atoms with E-state index >= 15 is 0 Å². The number of nitrogens with zero attached hydrogens (tertiary/aromatic N) is 2. The zero-order valence-corrected chi connectivity index (χ0v) is 20.8. The molecule has 180 valence electrons. The number of nitrogens with one attached hydrogen (secondary N) is 1. The van der Waals surface area contributed by atoms with Crippen LogP contribution in [0.3, 0.4) is 0 Å². The van der Waals surface area contributed by atoms with Crippen molar-refractivity contribution in [2.24, 2.45) is 0 Å². The molecule has 0 aliphatic rings. The Kier molecular flexibility index (Phi) is 7.78. The molecule has 1 heterocycles. The largest absolute Gasteiger partial charge is 0.496 e. The van der Waals surface area contributed by atoms with Crippen LogP contribution < -0.4 is 14.2 Å². The number of pyridine rings is 1. The number of hydrogen-bond acceptors (Lipinski definition) is 6. The van der Waals surface area contributed by atoms with Gasteiger partial charge in [-0.05, 0) is 63.2 Å². The number of carbonyl (C=O) groups excluding carboxylic acids is 1. The number of aromatic nitrogens is 1. The lowest BCUT2D eigenvalue weighted by Crippen LogP contribution is -2.27. The molecule has 0 saturated heterocycles. The van der Waals surface area contributed by atoms with E-state index in [4.69, 9.17) is 9.47 Å². The number of rotatable bonds is 9. The average Bonchev–Trinajstić information content (AvgIpc) is 2.81. The maximum atomic E-state index is 13.0. The van der Waals surface area contributed by atoms with E-state index in [0.717, 1.165) is 22.6 Å². The second-order valence-corrected chi connectivity index (χ2v) is 9.48. The lowest BCUT2D eigenvalue weighted by molar-refractivity contribution is 0.0783. The van der Waals surface area contributed by atoms with E-state index in [-0.39, 0.29) is 17.3 Å². The summed E-state index contributed by atoms with van der Waals surface area (Å²) < 4.78 is 38.9. The van der Waals surface area contributed by atoms with Gasteiger partial charge < -0.3 is 14.4 Å². The van der Waals surface area contributed by atoms with E-state index < -0.39 is 10.0 Å². The summed E-state index contributed by atoms with van der Waals surface area (Å²) in [6.07, 6.45) is 1.72. The third kappa shape index (κ3) is 5.66. The number of methoxy groups -OCH3 is 1. The van der Waals surface area contributed by atoms with Crippen LogP contribution in [-0.2, 0) is 16.6 Å². The van der Waals surface area contributed by atoms with Crippen LogP contribution in [0.1, 0.15) is 34.1 Å². The molecule has 3 rings (SSSR count). The molecule has 3 aromatic rings. The normalized spacial score (nSPS) is 11.1. The minimum Gasteiger partial charge on any atom is -0.496 e. The number of aryl methyl sites for hydroxylation is 1. The fraction of sp³-hybridized carbons (Fsp3) is 0.280. The lowest BCUT2D eigenvalue weighted by Gasteiger charge is -2.20. The minimum absolute atomic E-state index is 0.0969. The molecule has 0 spiro atoms. The van der Waals surface area contributed by atoms with Gasteiger partial charge >= 0.3 is 0 Å². The van der Waals surface area contributed by atoms with Crippen molar-refractivity contribution in [2.75, 3.05) is 25.5 Å². The van der Waals surface area contributed by atoms with Crippen molar-refractivity contribution >= 4 is 21.6 Å². The molecule has 9 heteroatoms. The van der Waals surface area contributed by atoms with E-state index in [0.29, 0.717) is 23.6 Å². The van der Waals surface area contributed by atoms with Gasteiger partial charge in [-0.1, -0.05) is 6.07 Å². The van der Waals surface area contributed by atoms with Crippen LogP contribution in [0.15, 0.2) is 59.6 Å². The summed E-state index contributed by atoms with van der Waals surface area (Å²) in [7, 11) is -0.550. The molecule has 0 aliphatic carbocycles. The summed E-state index contributed by atoms with van der Waals surface area (Å²) in [5, 5.41) is 0. The molecule has 1 aromatic heterocycles. The molecule has 1 amide bonds. The number of hydrogen-bond donors (Lipinski definition) is 1. The molecular formula is C25H29N3O5S. The van der Waals surface area contributed by atoms with Crippen LogP contribution >= 0.6 is 0 Å². The number of carbonyl (C=O) groups is 1. The van der Waals surface area contributed by atoms with Gasteiger partial charge in [0.2, 0.25) is 0 Å². The van der Waals surface area contributed by atoms with Gasteiger partial charge in [0.1, 0.15) is 11.5 Å². The maximum Gasteiger partial charge on any atom is 0.261 e. The predicted octanol–water partition coefficient (Wildman–Crippen LogP) is 4.18. The number of amides is 1. The van der Waals surface area contributed by atoms with Gasteiger partial charge in [-0.2, -0.15) is 0 Å². The Hall–Kier alpha value is -3.59. The summed E-state index contributed by atoms with van der Waals surface area (Å²) in [6, 6.07) is 12.5. The Labute approximate surface area is 200 Å². The molecule has 0 bridgehead atoms. The number of benzene rings is 2. The highest BCUT2D eigenvalue weighted by molar-refractivity contribution is 7.92. The first-order chi connectivity index (χ1) is 16.2. The van der Waals surface area contributed by atoms with Gasteiger partial charge in [-0.25, -0.2) is 8.42 Å². The van der Waals surface area contributed by atoms with E-state index in [2.05, 4.69) is 9.71 Å². The second-order valence-electron chi connectivity index (χ2n) is 7.80. The summed E-state index contributed by atoms with van der Waals surface area (Å²) in [5.41, 5.74) is 3.17. The molecule has 0 atom stereocenters. The first-order valence-corrected chi connectivity index (χ1v) is 12.2. The maximum absolute atomic E-state index is 13.0. The second kappa shape index (κ2) is 10.6. The highest BCUT2D eigenvalue weighted by atomic mass is 32.2. The Morgan fingerprint density at radius 2 is 1.82 bits per heavy atom. The highest BCUT2D eigenvalue weighted by Gasteiger charge is 2.18. The van der Waals surface area contributed by atoms with Crippen LogP contribution in [-0.4, -0.2) is 45.0 Å². The number of anilines is 1. The molecule has 0 saturated carbocycles. The van der Waals surface area contributed by atoms with E-state index in [9.17, 15) is 13.2 Å². The van der Waals surface area contributed by atoms with Crippen LogP contribution in [0.25, 0.3) is 0 Å². The van der Waals surface area contributed by atoms with Crippen molar-refractivity contribution in [3.8, 4) is 11.5 Å². The van der Waals surface area contributed by atoms with Crippen molar-refractivity contribution in [1.82, 2.24) is 9.88 Å². The highest BCUT2D eigenvalue weighted by Crippen LogP contribution is 2.25. The van der Waals surface area contributed by atoms with E-state index in [1.807, 2.05) is 20.8 Å². The molecule has 0 aliphatic heterocycles. The molecule has 34 heavy (non-hydrogen) atoms. The first-order valence-electron chi connectivity index (χ1n) is 10.8. The zero-order valence-electron chi connectivity index (χ0n) is 20.0. The Balaban J connectivity index is 1.76. The average molecular weight is 484 g/mol. The van der Waals surface area contributed by atoms with Crippen molar-refractivity contribution in [1.29, 1.82) is 0 Å². The SMILES string of the molecule is CCOc1ccc(S(=O)(=O)Nc2cccc(C(=O)N(C)Cc3ncc(C)c(OC)c3C)c2)cc1. The number of sulfonamides is 1. The van der Waals surface area contributed by atoms with Gasteiger partial charge in [-0.3, -0.25) is 14.5 Å². The van der Waals surface area contributed by atoms with Crippen molar-refractivity contribution in [3.63, 3.8) is 0 Å². The summed E-state index contributed by atoms with van der Waals surface area (Å²) in [5.74, 6) is 1.08. The fourth-order valence-corrected chi connectivity index (χ4v) is 4.61. The van der Waals surface area contributed by atoms with Gasteiger partial charge in [0, 0.05) is 35.6 Å². The summed E-state index contributed by atoms with van der Waals surface area (Å²) >= 11 is 0. The number of ether oxygens (including phenoxy) is 2.